The van der Waals surface area contributed by atoms with E-state index in [0.29, 0.717) is 12.8 Å². The van der Waals surface area contributed by atoms with Crippen LogP contribution in [0.5, 0.6) is 0 Å². The SMILES string of the molecule is CC(=O)NC1(C(=O)Nc2cc(CN)cc(C(F)(F)F)c2)CCCCC1.Cl. The molecule has 0 atom stereocenters. The zero-order valence-corrected chi connectivity index (χ0v) is 15.2. The van der Waals surface area contributed by atoms with Crippen LogP contribution in [0.25, 0.3) is 0 Å². The van der Waals surface area contributed by atoms with E-state index in [-0.39, 0.29) is 36.1 Å². The minimum atomic E-state index is -4.54. The van der Waals surface area contributed by atoms with Gasteiger partial charge in [0.25, 0.3) is 0 Å². The fourth-order valence-electron chi connectivity index (χ4n) is 3.20. The molecule has 0 bridgehead atoms. The van der Waals surface area contributed by atoms with E-state index in [0.717, 1.165) is 31.4 Å². The second kappa shape index (κ2) is 8.73. The molecule has 2 rings (SSSR count). The molecule has 4 N–H and O–H groups in total. The predicted octanol–water partition coefficient (Wildman–Crippen LogP) is 3.36. The lowest BCUT2D eigenvalue weighted by Crippen LogP contribution is -2.57. The van der Waals surface area contributed by atoms with Gasteiger partial charge in [0.1, 0.15) is 5.54 Å². The first-order valence-electron chi connectivity index (χ1n) is 8.18. The third kappa shape index (κ3) is 5.35. The Morgan fingerprint density at radius 3 is 2.27 bits per heavy atom. The summed E-state index contributed by atoms with van der Waals surface area (Å²) >= 11 is 0. The summed E-state index contributed by atoms with van der Waals surface area (Å²) in [4.78, 5) is 24.3. The average Bonchev–Trinajstić information content (AvgIpc) is 2.53. The molecule has 0 unspecified atom stereocenters. The van der Waals surface area contributed by atoms with Crippen LogP contribution < -0.4 is 16.4 Å². The van der Waals surface area contributed by atoms with Gasteiger partial charge in [-0.05, 0) is 36.6 Å². The molecule has 146 valence electrons. The number of halogens is 4. The van der Waals surface area contributed by atoms with Gasteiger partial charge in [-0.15, -0.1) is 12.4 Å². The van der Waals surface area contributed by atoms with Crippen LogP contribution >= 0.6 is 12.4 Å². The molecule has 2 amide bonds. The number of hydrogen-bond donors (Lipinski definition) is 3. The molecule has 1 aliphatic carbocycles. The Kier molecular flexibility index (Phi) is 7.46. The topological polar surface area (TPSA) is 84.2 Å². The van der Waals surface area contributed by atoms with E-state index in [1.165, 1.54) is 13.0 Å². The fourth-order valence-corrected chi connectivity index (χ4v) is 3.20. The van der Waals surface area contributed by atoms with E-state index in [1.807, 2.05) is 0 Å². The number of rotatable bonds is 4. The molecule has 1 fully saturated rings. The Bertz CT molecular complexity index is 659. The van der Waals surface area contributed by atoms with Crippen molar-refractivity contribution in [1.82, 2.24) is 5.32 Å². The molecular formula is C17H23ClF3N3O2. The summed E-state index contributed by atoms with van der Waals surface area (Å²) in [5, 5.41) is 5.23. The monoisotopic (exact) mass is 393 g/mol. The van der Waals surface area contributed by atoms with Crippen LogP contribution in [-0.2, 0) is 22.3 Å². The molecule has 9 heteroatoms. The highest BCUT2D eigenvalue weighted by Gasteiger charge is 2.40. The fraction of sp³-hybridized carbons (Fsp3) is 0.529. The summed E-state index contributed by atoms with van der Waals surface area (Å²) in [5.41, 5.74) is 3.79. The first kappa shape index (κ1) is 22.2. The summed E-state index contributed by atoms with van der Waals surface area (Å²) in [5.74, 6) is -0.839. The summed E-state index contributed by atoms with van der Waals surface area (Å²) in [6.45, 7) is 1.24. The van der Waals surface area contributed by atoms with Crippen LogP contribution in [-0.4, -0.2) is 17.4 Å². The van der Waals surface area contributed by atoms with Crippen LogP contribution in [0, 0.1) is 0 Å². The molecule has 0 spiro atoms. The smallest absolute Gasteiger partial charge is 0.342 e. The minimum absolute atomic E-state index is 0. The molecule has 1 aromatic carbocycles. The maximum absolute atomic E-state index is 13.0. The van der Waals surface area contributed by atoms with Crippen molar-refractivity contribution in [1.29, 1.82) is 0 Å². The van der Waals surface area contributed by atoms with E-state index in [1.54, 1.807) is 0 Å². The van der Waals surface area contributed by atoms with Gasteiger partial charge in [0.15, 0.2) is 0 Å². The number of alkyl halides is 3. The summed E-state index contributed by atoms with van der Waals surface area (Å²) in [6.07, 6.45) is -1.13. The largest absolute Gasteiger partial charge is 0.416 e. The van der Waals surface area contributed by atoms with Crippen molar-refractivity contribution in [2.75, 3.05) is 5.32 Å². The van der Waals surface area contributed by atoms with Gasteiger partial charge < -0.3 is 16.4 Å². The van der Waals surface area contributed by atoms with Crippen molar-refractivity contribution in [3.05, 3.63) is 29.3 Å². The maximum Gasteiger partial charge on any atom is 0.416 e. The molecule has 0 heterocycles. The molecular weight excluding hydrogens is 371 g/mol. The van der Waals surface area contributed by atoms with Crippen LogP contribution in [0.1, 0.15) is 50.2 Å². The van der Waals surface area contributed by atoms with Crippen LogP contribution in [0.15, 0.2) is 18.2 Å². The molecule has 0 saturated heterocycles. The minimum Gasteiger partial charge on any atom is -0.342 e. The molecule has 0 aromatic heterocycles. The van der Waals surface area contributed by atoms with Crippen LogP contribution in [0.4, 0.5) is 18.9 Å². The van der Waals surface area contributed by atoms with Gasteiger partial charge in [-0.3, -0.25) is 9.59 Å². The van der Waals surface area contributed by atoms with Crippen molar-refractivity contribution in [2.24, 2.45) is 5.73 Å². The second-order valence-corrected chi connectivity index (χ2v) is 6.40. The molecule has 1 aromatic rings. The summed E-state index contributed by atoms with van der Waals surface area (Å²) in [7, 11) is 0. The Labute approximate surface area is 156 Å². The number of benzene rings is 1. The normalized spacial score (nSPS) is 16.3. The first-order chi connectivity index (χ1) is 11.7. The number of amides is 2. The quantitative estimate of drug-likeness (QED) is 0.733. The lowest BCUT2D eigenvalue weighted by molar-refractivity contribution is -0.137. The highest BCUT2D eigenvalue weighted by Crippen LogP contribution is 2.33. The van der Waals surface area contributed by atoms with E-state index in [9.17, 15) is 22.8 Å². The van der Waals surface area contributed by atoms with Gasteiger partial charge in [0.2, 0.25) is 11.8 Å². The number of carbonyl (C=O) groups is 2. The zero-order chi connectivity index (χ0) is 18.7. The van der Waals surface area contributed by atoms with Crippen molar-refractivity contribution in [3.8, 4) is 0 Å². The van der Waals surface area contributed by atoms with Gasteiger partial charge in [-0.1, -0.05) is 19.3 Å². The Balaban J connectivity index is 0.00000338. The lowest BCUT2D eigenvalue weighted by atomic mass is 9.80. The number of anilines is 1. The first-order valence-corrected chi connectivity index (χ1v) is 8.18. The van der Waals surface area contributed by atoms with Crippen LogP contribution in [0.3, 0.4) is 0 Å². The van der Waals surface area contributed by atoms with Gasteiger partial charge in [0.05, 0.1) is 5.56 Å². The van der Waals surface area contributed by atoms with Crippen molar-refractivity contribution in [2.45, 2.75) is 57.3 Å². The van der Waals surface area contributed by atoms with Crippen molar-refractivity contribution >= 4 is 29.9 Å². The number of carbonyl (C=O) groups excluding carboxylic acids is 2. The van der Waals surface area contributed by atoms with Crippen LogP contribution in [0.2, 0.25) is 0 Å². The summed E-state index contributed by atoms with van der Waals surface area (Å²) < 4.78 is 39.0. The lowest BCUT2D eigenvalue weighted by Gasteiger charge is -2.36. The van der Waals surface area contributed by atoms with Gasteiger partial charge in [-0.2, -0.15) is 13.2 Å². The summed E-state index contributed by atoms with van der Waals surface area (Å²) in [6, 6.07) is 3.25. The number of nitrogens with two attached hydrogens (primary N) is 1. The van der Waals surface area contributed by atoms with E-state index >= 15 is 0 Å². The maximum atomic E-state index is 13.0. The second-order valence-electron chi connectivity index (χ2n) is 6.40. The molecule has 1 aliphatic rings. The van der Waals surface area contributed by atoms with E-state index < -0.39 is 23.2 Å². The van der Waals surface area contributed by atoms with Gasteiger partial charge >= 0.3 is 6.18 Å². The third-order valence-electron chi connectivity index (χ3n) is 4.37. The molecule has 5 nitrogen and oxygen atoms in total. The van der Waals surface area contributed by atoms with Gasteiger partial charge in [-0.25, -0.2) is 0 Å². The zero-order valence-electron chi connectivity index (χ0n) is 14.4. The van der Waals surface area contributed by atoms with Crippen molar-refractivity contribution in [3.63, 3.8) is 0 Å². The number of nitrogens with one attached hydrogen (secondary N) is 2. The molecule has 26 heavy (non-hydrogen) atoms. The Hall–Kier alpha value is -1.80. The molecule has 1 saturated carbocycles. The standard InChI is InChI=1S/C17H22F3N3O2.ClH/c1-11(24)23-16(5-3-2-4-6-16)15(25)22-14-8-12(10-21)7-13(9-14)17(18,19)20;/h7-9H,2-6,10,21H2,1H3,(H,22,25)(H,23,24);1H. The number of hydrogen-bond acceptors (Lipinski definition) is 3. The Morgan fingerprint density at radius 2 is 1.77 bits per heavy atom. The van der Waals surface area contributed by atoms with Crippen molar-refractivity contribution < 1.29 is 22.8 Å². The third-order valence-corrected chi connectivity index (χ3v) is 4.37. The van der Waals surface area contributed by atoms with E-state index in [4.69, 9.17) is 5.73 Å². The van der Waals surface area contributed by atoms with E-state index in [2.05, 4.69) is 10.6 Å². The molecule has 0 radical (unpaired) electrons. The highest BCUT2D eigenvalue weighted by atomic mass is 35.5. The van der Waals surface area contributed by atoms with Gasteiger partial charge in [0, 0.05) is 19.2 Å². The highest BCUT2D eigenvalue weighted by molar-refractivity contribution is 6.00. The Morgan fingerprint density at radius 1 is 1.15 bits per heavy atom. The average molecular weight is 394 g/mol. The molecule has 0 aliphatic heterocycles. The predicted molar refractivity (Wildman–Crippen MR) is 94.8 cm³/mol.